The van der Waals surface area contributed by atoms with E-state index in [9.17, 15) is 9.90 Å². The van der Waals surface area contributed by atoms with Crippen molar-refractivity contribution in [2.75, 3.05) is 0 Å². The number of carboxylic acids is 1. The van der Waals surface area contributed by atoms with Gasteiger partial charge in [0.25, 0.3) is 0 Å². The van der Waals surface area contributed by atoms with Gasteiger partial charge in [0, 0.05) is 6.42 Å². The van der Waals surface area contributed by atoms with Gasteiger partial charge in [0.2, 0.25) is 0 Å². The molecule has 0 radical (unpaired) electrons. The Morgan fingerprint density at radius 2 is 1.46 bits per heavy atom. The van der Waals surface area contributed by atoms with Gasteiger partial charge >= 0.3 is 5.97 Å². The van der Waals surface area contributed by atoms with E-state index in [-0.39, 0.29) is 0 Å². The normalized spacial score (nSPS) is 11.9. The van der Waals surface area contributed by atoms with Gasteiger partial charge < -0.3 is 9.84 Å². The van der Waals surface area contributed by atoms with E-state index in [1.807, 2.05) is 72.8 Å². The van der Waals surface area contributed by atoms with Gasteiger partial charge in [0.1, 0.15) is 5.75 Å². The Kier molecular flexibility index (Phi) is 5.07. The third kappa shape index (κ3) is 3.89. The molecule has 1 atom stereocenters. The van der Waals surface area contributed by atoms with Crippen LogP contribution in [-0.4, -0.2) is 17.2 Å². The lowest BCUT2D eigenvalue weighted by Crippen LogP contribution is -2.29. The van der Waals surface area contributed by atoms with Crippen molar-refractivity contribution < 1.29 is 14.6 Å². The summed E-state index contributed by atoms with van der Waals surface area (Å²) in [6.45, 7) is 0. The zero-order valence-electron chi connectivity index (χ0n) is 15.3. The standard InChI is InChI=1S/C25H20O3/c26-25(27)24(17-18-7-2-1-3-8-18)28-21-15-13-20(14-16-21)23-12-6-10-19-9-4-5-11-22(19)23/h1-16,24H,17H2,(H,26,27)/t24-/m0/s1. The molecule has 3 nitrogen and oxygen atoms in total. The van der Waals surface area contributed by atoms with Crippen LogP contribution in [0, 0.1) is 0 Å². The summed E-state index contributed by atoms with van der Waals surface area (Å²) in [4.78, 5) is 11.6. The maximum atomic E-state index is 11.6. The van der Waals surface area contributed by atoms with E-state index >= 15 is 0 Å². The summed E-state index contributed by atoms with van der Waals surface area (Å²) in [7, 11) is 0. The smallest absolute Gasteiger partial charge is 0.345 e. The number of carbonyl (C=O) groups is 1. The summed E-state index contributed by atoms with van der Waals surface area (Å²) in [6.07, 6.45) is -0.604. The maximum absolute atomic E-state index is 11.6. The Labute approximate surface area is 163 Å². The van der Waals surface area contributed by atoms with Crippen LogP contribution in [0.3, 0.4) is 0 Å². The average Bonchev–Trinajstić information content (AvgIpc) is 2.74. The van der Waals surface area contributed by atoms with Crippen LogP contribution >= 0.6 is 0 Å². The fraction of sp³-hybridized carbons (Fsp3) is 0.0800. The van der Waals surface area contributed by atoms with Crippen molar-refractivity contribution in [1.29, 1.82) is 0 Å². The highest BCUT2D eigenvalue weighted by Crippen LogP contribution is 2.30. The van der Waals surface area contributed by atoms with Crippen molar-refractivity contribution in [3.05, 3.63) is 103 Å². The van der Waals surface area contributed by atoms with Crippen molar-refractivity contribution in [2.24, 2.45) is 0 Å². The number of rotatable bonds is 6. The highest BCUT2D eigenvalue weighted by molar-refractivity contribution is 5.96. The molecule has 3 heteroatoms. The molecule has 0 heterocycles. The fourth-order valence-electron chi connectivity index (χ4n) is 3.36. The number of benzene rings is 4. The molecular weight excluding hydrogens is 348 g/mol. The van der Waals surface area contributed by atoms with E-state index in [4.69, 9.17) is 4.74 Å². The predicted molar refractivity (Wildman–Crippen MR) is 112 cm³/mol. The van der Waals surface area contributed by atoms with E-state index in [0.29, 0.717) is 12.2 Å². The third-order valence-electron chi connectivity index (χ3n) is 4.77. The molecule has 0 aliphatic heterocycles. The van der Waals surface area contributed by atoms with Gasteiger partial charge in [-0.05, 0) is 39.6 Å². The molecule has 1 N–H and O–H groups in total. The quantitative estimate of drug-likeness (QED) is 0.483. The van der Waals surface area contributed by atoms with Gasteiger partial charge in [-0.2, -0.15) is 0 Å². The molecule has 0 saturated carbocycles. The minimum absolute atomic E-state index is 0.321. The number of ether oxygens (including phenoxy) is 1. The van der Waals surface area contributed by atoms with Gasteiger partial charge in [-0.1, -0.05) is 84.9 Å². The molecule has 0 spiro atoms. The molecule has 4 aromatic carbocycles. The van der Waals surface area contributed by atoms with Crippen LogP contribution in [0.15, 0.2) is 97.1 Å². The van der Waals surface area contributed by atoms with Crippen molar-refractivity contribution in [1.82, 2.24) is 0 Å². The van der Waals surface area contributed by atoms with Crippen molar-refractivity contribution in [3.63, 3.8) is 0 Å². The second-order valence-electron chi connectivity index (χ2n) is 6.69. The van der Waals surface area contributed by atoms with Crippen molar-refractivity contribution >= 4 is 16.7 Å². The number of carboxylic acid groups (broad SMARTS) is 1. The Hall–Kier alpha value is -3.59. The van der Waals surface area contributed by atoms with Gasteiger partial charge in [-0.15, -0.1) is 0 Å². The summed E-state index contributed by atoms with van der Waals surface area (Å²) < 4.78 is 5.76. The summed E-state index contributed by atoms with van der Waals surface area (Å²) in [6, 6.07) is 31.6. The molecule has 0 aromatic heterocycles. The van der Waals surface area contributed by atoms with Crippen LogP contribution in [-0.2, 0) is 11.2 Å². The van der Waals surface area contributed by atoms with Gasteiger partial charge in [0.15, 0.2) is 6.10 Å². The maximum Gasteiger partial charge on any atom is 0.345 e. The van der Waals surface area contributed by atoms with Crippen LogP contribution in [0.2, 0.25) is 0 Å². The van der Waals surface area contributed by atoms with E-state index in [0.717, 1.165) is 16.7 Å². The summed E-state index contributed by atoms with van der Waals surface area (Å²) in [5.74, 6) is -0.422. The van der Waals surface area contributed by atoms with Crippen molar-refractivity contribution in [2.45, 2.75) is 12.5 Å². The highest BCUT2D eigenvalue weighted by Gasteiger charge is 2.20. The monoisotopic (exact) mass is 368 g/mol. The molecule has 0 fully saturated rings. The van der Waals surface area contributed by atoms with Crippen LogP contribution in [0.25, 0.3) is 21.9 Å². The summed E-state index contributed by atoms with van der Waals surface area (Å²) >= 11 is 0. The first kappa shape index (κ1) is 17.8. The van der Waals surface area contributed by atoms with Crippen LogP contribution < -0.4 is 4.74 Å². The Balaban J connectivity index is 1.56. The zero-order chi connectivity index (χ0) is 19.3. The molecule has 0 saturated heterocycles. The Bertz CT molecular complexity index is 1080. The molecule has 0 aliphatic carbocycles. The van der Waals surface area contributed by atoms with Crippen LogP contribution in [0.1, 0.15) is 5.56 Å². The van der Waals surface area contributed by atoms with Gasteiger partial charge in [-0.25, -0.2) is 4.79 Å². The third-order valence-corrected chi connectivity index (χ3v) is 4.77. The number of fused-ring (bicyclic) bond motifs is 1. The number of hydrogen-bond acceptors (Lipinski definition) is 2. The number of aliphatic carboxylic acids is 1. The lowest BCUT2D eigenvalue weighted by Gasteiger charge is -2.16. The molecule has 0 bridgehead atoms. The van der Waals surface area contributed by atoms with Crippen LogP contribution in [0.5, 0.6) is 5.75 Å². The zero-order valence-corrected chi connectivity index (χ0v) is 15.3. The first-order valence-corrected chi connectivity index (χ1v) is 9.22. The van der Waals surface area contributed by atoms with Crippen molar-refractivity contribution in [3.8, 4) is 16.9 Å². The summed E-state index contributed by atoms with van der Waals surface area (Å²) in [5.41, 5.74) is 3.14. The fourth-order valence-corrected chi connectivity index (χ4v) is 3.36. The highest BCUT2D eigenvalue weighted by atomic mass is 16.5. The first-order valence-electron chi connectivity index (χ1n) is 9.22. The van der Waals surface area contributed by atoms with Gasteiger partial charge in [0.05, 0.1) is 0 Å². The average molecular weight is 368 g/mol. The largest absolute Gasteiger partial charge is 0.478 e. The second kappa shape index (κ2) is 7.97. The lowest BCUT2D eigenvalue weighted by atomic mass is 9.98. The molecule has 4 rings (SSSR count). The first-order chi connectivity index (χ1) is 13.7. The second-order valence-corrected chi connectivity index (χ2v) is 6.69. The molecule has 4 aromatic rings. The minimum Gasteiger partial charge on any atom is -0.478 e. The van der Waals surface area contributed by atoms with E-state index in [2.05, 4.69) is 24.3 Å². The van der Waals surface area contributed by atoms with E-state index in [1.165, 1.54) is 10.8 Å². The summed E-state index contributed by atoms with van der Waals surface area (Å²) in [5, 5.41) is 11.9. The lowest BCUT2D eigenvalue weighted by molar-refractivity contribution is -0.145. The van der Waals surface area contributed by atoms with Gasteiger partial charge in [-0.3, -0.25) is 0 Å². The molecule has 0 aliphatic rings. The Morgan fingerprint density at radius 1 is 0.786 bits per heavy atom. The van der Waals surface area contributed by atoms with E-state index < -0.39 is 12.1 Å². The minimum atomic E-state index is -0.970. The molecule has 0 unspecified atom stereocenters. The molecule has 0 amide bonds. The topological polar surface area (TPSA) is 46.5 Å². The molecule has 28 heavy (non-hydrogen) atoms. The Morgan fingerprint density at radius 3 is 2.21 bits per heavy atom. The SMILES string of the molecule is O=C(O)[C@H](Cc1ccccc1)Oc1ccc(-c2cccc3ccccc23)cc1. The number of hydrogen-bond donors (Lipinski definition) is 1. The molecule has 138 valence electrons. The van der Waals surface area contributed by atoms with E-state index in [1.54, 1.807) is 0 Å². The predicted octanol–water partition coefficient (Wildman–Crippen LogP) is 5.58. The molecular formula is C25H20O3. The van der Waals surface area contributed by atoms with Crippen LogP contribution in [0.4, 0.5) is 0 Å².